The number of carbonyl (C=O) groups excluding carboxylic acids is 1. The van der Waals surface area contributed by atoms with Gasteiger partial charge in [0.15, 0.2) is 0 Å². The van der Waals surface area contributed by atoms with Gasteiger partial charge < -0.3 is 4.74 Å². The van der Waals surface area contributed by atoms with Crippen molar-refractivity contribution in [2.24, 2.45) is 37.3 Å². The minimum atomic E-state index is -0.403. The Morgan fingerprint density at radius 1 is 1.08 bits per heavy atom. The van der Waals surface area contributed by atoms with Gasteiger partial charge in [-0.2, -0.15) is 0 Å². The zero-order valence-corrected chi connectivity index (χ0v) is 15.0. The van der Waals surface area contributed by atoms with E-state index in [9.17, 15) is 14.4 Å². The zero-order valence-electron chi connectivity index (χ0n) is 15.0. The summed E-state index contributed by atoms with van der Waals surface area (Å²) in [5.74, 6) is 2.21. The maximum absolute atomic E-state index is 12.5. The Hall–Kier alpha value is -1.85. The zero-order chi connectivity index (χ0) is 17.8. The van der Waals surface area contributed by atoms with Gasteiger partial charge in [0.05, 0.1) is 12.1 Å². The SMILES string of the molecule is Cn1c(COC(=O)CC23CC4CC(CC(C4)C2)C3)cc(=O)n(C)c1=O. The molecule has 0 spiro atoms. The summed E-state index contributed by atoms with van der Waals surface area (Å²) >= 11 is 0. The molecule has 136 valence electrons. The Morgan fingerprint density at radius 2 is 1.64 bits per heavy atom. The second-order valence-electron chi connectivity index (χ2n) is 8.63. The monoisotopic (exact) mass is 346 g/mol. The summed E-state index contributed by atoms with van der Waals surface area (Å²) < 4.78 is 7.85. The Labute approximate surface area is 146 Å². The normalized spacial score (nSPS) is 32.8. The van der Waals surface area contributed by atoms with Gasteiger partial charge in [0.25, 0.3) is 5.56 Å². The highest BCUT2D eigenvalue weighted by Crippen LogP contribution is 2.61. The lowest BCUT2D eigenvalue weighted by Crippen LogP contribution is -2.47. The lowest BCUT2D eigenvalue weighted by atomic mass is 9.49. The molecule has 4 fully saturated rings. The molecular formula is C19H26N2O4. The number of hydrogen-bond donors (Lipinski definition) is 0. The summed E-state index contributed by atoms with van der Waals surface area (Å²) in [7, 11) is 3.03. The molecule has 4 bridgehead atoms. The number of esters is 1. The molecule has 6 nitrogen and oxygen atoms in total. The largest absolute Gasteiger partial charge is 0.459 e. The van der Waals surface area contributed by atoms with E-state index in [2.05, 4.69) is 0 Å². The van der Waals surface area contributed by atoms with Gasteiger partial charge in [0, 0.05) is 20.2 Å². The third kappa shape index (κ3) is 2.96. The van der Waals surface area contributed by atoms with E-state index in [1.165, 1.54) is 56.2 Å². The van der Waals surface area contributed by atoms with E-state index < -0.39 is 5.69 Å². The van der Waals surface area contributed by atoms with Gasteiger partial charge in [-0.15, -0.1) is 0 Å². The predicted molar refractivity (Wildman–Crippen MR) is 91.9 cm³/mol. The molecule has 1 aromatic rings. The van der Waals surface area contributed by atoms with Crippen molar-refractivity contribution in [3.63, 3.8) is 0 Å². The third-order valence-corrected chi connectivity index (χ3v) is 6.69. The minimum Gasteiger partial charge on any atom is -0.459 e. The van der Waals surface area contributed by atoms with E-state index in [1.54, 1.807) is 7.05 Å². The molecule has 25 heavy (non-hydrogen) atoms. The molecule has 1 heterocycles. The van der Waals surface area contributed by atoms with Crippen LogP contribution in [0.15, 0.2) is 15.7 Å². The minimum absolute atomic E-state index is 0.0208. The molecule has 0 N–H and O–H groups in total. The fraction of sp³-hybridized carbons (Fsp3) is 0.737. The molecule has 6 heteroatoms. The highest BCUT2D eigenvalue weighted by molar-refractivity contribution is 5.70. The van der Waals surface area contributed by atoms with Crippen LogP contribution in [0, 0.1) is 23.2 Å². The first-order chi connectivity index (χ1) is 11.8. The van der Waals surface area contributed by atoms with Crippen LogP contribution in [0.3, 0.4) is 0 Å². The van der Waals surface area contributed by atoms with Gasteiger partial charge in [-0.05, 0) is 61.7 Å². The highest BCUT2D eigenvalue weighted by Gasteiger charge is 2.51. The number of aromatic nitrogens is 2. The Morgan fingerprint density at radius 3 is 2.20 bits per heavy atom. The highest BCUT2D eigenvalue weighted by atomic mass is 16.5. The first-order valence-corrected chi connectivity index (χ1v) is 9.27. The summed E-state index contributed by atoms with van der Waals surface area (Å²) in [6.45, 7) is -0.0208. The van der Waals surface area contributed by atoms with Crippen LogP contribution in [0.2, 0.25) is 0 Å². The van der Waals surface area contributed by atoms with Crippen LogP contribution >= 0.6 is 0 Å². The third-order valence-electron chi connectivity index (χ3n) is 6.69. The molecule has 4 aliphatic rings. The summed E-state index contributed by atoms with van der Waals surface area (Å²) in [4.78, 5) is 36.2. The fourth-order valence-corrected chi connectivity index (χ4v) is 5.93. The first kappa shape index (κ1) is 16.6. The van der Waals surface area contributed by atoms with E-state index in [0.717, 1.165) is 22.3 Å². The van der Waals surface area contributed by atoms with Gasteiger partial charge in [-0.25, -0.2) is 4.79 Å². The maximum Gasteiger partial charge on any atom is 0.330 e. The molecular weight excluding hydrogens is 320 g/mol. The van der Waals surface area contributed by atoms with E-state index in [-0.39, 0.29) is 23.6 Å². The number of nitrogens with zero attached hydrogens (tertiary/aromatic N) is 2. The van der Waals surface area contributed by atoms with Crippen molar-refractivity contribution in [3.05, 3.63) is 32.6 Å². The van der Waals surface area contributed by atoms with Crippen LogP contribution < -0.4 is 11.2 Å². The van der Waals surface area contributed by atoms with Crippen molar-refractivity contribution in [2.75, 3.05) is 0 Å². The Balaban J connectivity index is 1.42. The topological polar surface area (TPSA) is 70.3 Å². The molecule has 0 radical (unpaired) electrons. The number of carbonyl (C=O) groups is 1. The number of hydrogen-bond acceptors (Lipinski definition) is 4. The quantitative estimate of drug-likeness (QED) is 0.779. The molecule has 1 aromatic heterocycles. The Bertz CT molecular complexity index is 784. The molecule has 0 unspecified atom stereocenters. The number of ether oxygens (including phenoxy) is 1. The second kappa shape index (κ2) is 5.85. The smallest absolute Gasteiger partial charge is 0.330 e. The summed E-state index contributed by atoms with van der Waals surface area (Å²) in [5, 5.41) is 0. The summed E-state index contributed by atoms with van der Waals surface area (Å²) in [6.07, 6.45) is 8.03. The van der Waals surface area contributed by atoms with Crippen LogP contribution in [0.5, 0.6) is 0 Å². The number of rotatable bonds is 4. The standard InChI is InChI=1S/C19H26N2O4/c1-20-15(6-16(22)21(2)18(20)24)11-25-17(23)10-19-7-12-3-13(8-19)5-14(4-12)9-19/h6,12-14H,3-5,7-11H2,1-2H3. The molecule has 5 rings (SSSR count). The fourth-order valence-electron chi connectivity index (χ4n) is 5.93. The first-order valence-electron chi connectivity index (χ1n) is 9.27. The van der Waals surface area contributed by atoms with Crippen LogP contribution in [0.1, 0.15) is 50.6 Å². The van der Waals surface area contributed by atoms with Gasteiger partial charge in [-0.1, -0.05) is 0 Å². The second-order valence-corrected chi connectivity index (χ2v) is 8.63. The van der Waals surface area contributed by atoms with E-state index in [0.29, 0.717) is 12.1 Å². The average molecular weight is 346 g/mol. The summed E-state index contributed by atoms with van der Waals surface area (Å²) in [5.41, 5.74) is -0.202. The van der Waals surface area contributed by atoms with Crippen LogP contribution in [0.25, 0.3) is 0 Å². The van der Waals surface area contributed by atoms with Crippen LogP contribution in [0.4, 0.5) is 0 Å². The summed E-state index contributed by atoms with van der Waals surface area (Å²) in [6, 6.07) is 1.36. The van der Waals surface area contributed by atoms with Crippen LogP contribution in [-0.2, 0) is 30.2 Å². The molecule has 0 aliphatic heterocycles. The lowest BCUT2D eigenvalue weighted by molar-refractivity contribution is -0.153. The van der Waals surface area contributed by atoms with Gasteiger partial charge in [0.2, 0.25) is 0 Å². The van der Waals surface area contributed by atoms with E-state index in [4.69, 9.17) is 4.74 Å². The van der Waals surface area contributed by atoms with Crippen molar-refractivity contribution in [2.45, 2.75) is 51.6 Å². The van der Waals surface area contributed by atoms with Crippen molar-refractivity contribution in [1.82, 2.24) is 9.13 Å². The molecule has 0 atom stereocenters. The molecule has 0 saturated heterocycles. The van der Waals surface area contributed by atoms with Gasteiger partial charge in [-0.3, -0.25) is 18.7 Å². The van der Waals surface area contributed by atoms with Crippen molar-refractivity contribution >= 4 is 5.97 Å². The lowest BCUT2D eigenvalue weighted by Gasteiger charge is -2.56. The van der Waals surface area contributed by atoms with Crippen molar-refractivity contribution in [3.8, 4) is 0 Å². The molecule has 4 aliphatic carbocycles. The average Bonchev–Trinajstić information content (AvgIpc) is 2.53. The molecule has 0 aromatic carbocycles. The van der Waals surface area contributed by atoms with Crippen molar-refractivity contribution < 1.29 is 9.53 Å². The van der Waals surface area contributed by atoms with Gasteiger partial charge in [0.1, 0.15) is 6.61 Å². The molecule has 0 amide bonds. The predicted octanol–water partition coefficient (Wildman–Crippen LogP) is 1.73. The Kier molecular flexibility index (Phi) is 3.89. The van der Waals surface area contributed by atoms with Crippen molar-refractivity contribution in [1.29, 1.82) is 0 Å². The van der Waals surface area contributed by atoms with E-state index in [1.807, 2.05) is 0 Å². The molecule has 4 saturated carbocycles. The maximum atomic E-state index is 12.5. The van der Waals surface area contributed by atoms with Gasteiger partial charge >= 0.3 is 11.7 Å². The van der Waals surface area contributed by atoms with Crippen LogP contribution in [-0.4, -0.2) is 15.1 Å². The van der Waals surface area contributed by atoms with E-state index >= 15 is 0 Å².